The lowest BCUT2D eigenvalue weighted by Gasteiger charge is -2.34. The number of hydrogen-bond acceptors (Lipinski definition) is 4. The number of rotatable bonds is 5. The van der Waals surface area contributed by atoms with Gasteiger partial charge in [-0.3, -0.25) is 9.78 Å². The van der Waals surface area contributed by atoms with Gasteiger partial charge in [0.15, 0.2) is 0 Å². The zero-order valence-corrected chi connectivity index (χ0v) is 12.3. The third kappa shape index (κ3) is 3.70. The number of piperidine rings is 1. The number of primary amides is 1. The molecule has 5 nitrogen and oxygen atoms in total. The summed E-state index contributed by atoms with van der Waals surface area (Å²) in [4.78, 5) is 17.6. The molecule has 0 aliphatic carbocycles. The van der Waals surface area contributed by atoms with E-state index in [9.17, 15) is 4.79 Å². The van der Waals surface area contributed by atoms with Gasteiger partial charge in [0.1, 0.15) is 5.69 Å². The molecule has 0 radical (unpaired) electrons. The van der Waals surface area contributed by atoms with Crippen LogP contribution in [0.15, 0.2) is 18.3 Å². The first-order valence-electron chi connectivity index (χ1n) is 7.31. The molecule has 0 saturated carbocycles. The highest BCUT2D eigenvalue weighted by atomic mass is 16.1. The topological polar surface area (TPSA) is 71.2 Å². The highest BCUT2D eigenvalue weighted by molar-refractivity contribution is 5.91. The van der Waals surface area contributed by atoms with Crippen LogP contribution in [0.25, 0.3) is 0 Å². The lowest BCUT2D eigenvalue weighted by atomic mass is 9.96. The predicted molar refractivity (Wildman–Crippen MR) is 80.8 cm³/mol. The van der Waals surface area contributed by atoms with Crippen molar-refractivity contribution in [2.75, 3.05) is 24.5 Å². The van der Waals surface area contributed by atoms with Crippen LogP contribution in [0.1, 0.15) is 37.2 Å². The van der Waals surface area contributed by atoms with Crippen molar-refractivity contribution in [3.63, 3.8) is 0 Å². The summed E-state index contributed by atoms with van der Waals surface area (Å²) < 4.78 is 0. The molecule has 20 heavy (non-hydrogen) atoms. The SMILES string of the molecule is CC(C)N(CC1CCNCC1)c1ccnc(C(N)=O)c1. The smallest absolute Gasteiger partial charge is 0.267 e. The molecule has 110 valence electrons. The van der Waals surface area contributed by atoms with Crippen LogP contribution in [0.2, 0.25) is 0 Å². The van der Waals surface area contributed by atoms with E-state index in [0.29, 0.717) is 17.7 Å². The molecule has 2 heterocycles. The normalized spacial score (nSPS) is 16.4. The number of anilines is 1. The lowest BCUT2D eigenvalue weighted by molar-refractivity contribution is 0.0995. The standard InChI is InChI=1S/C15H24N4O/c1-11(2)19(10-12-3-6-17-7-4-12)13-5-8-18-14(9-13)15(16)20/h5,8-9,11-12,17H,3-4,6-7,10H2,1-2H3,(H2,16,20). The molecule has 1 aromatic rings. The lowest BCUT2D eigenvalue weighted by Crippen LogP contribution is -2.39. The maximum atomic E-state index is 11.3. The summed E-state index contributed by atoms with van der Waals surface area (Å²) in [6, 6.07) is 4.13. The largest absolute Gasteiger partial charge is 0.369 e. The van der Waals surface area contributed by atoms with Gasteiger partial charge in [0.05, 0.1) is 0 Å². The number of aromatic nitrogens is 1. The van der Waals surface area contributed by atoms with Crippen molar-refractivity contribution in [1.29, 1.82) is 0 Å². The van der Waals surface area contributed by atoms with Gasteiger partial charge in [-0.15, -0.1) is 0 Å². The first-order chi connectivity index (χ1) is 9.58. The van der Waals surface area contributed by atoms with E-state index in [1.54, 1.807) is 12.3 Å². The van der Waals surface area contributed by atoms with Gasteiger partial charge in [-0.25, -0.2) is 0 Å². The van der Waals surface area contributed by atoms with E-state index in [1.807, 2.05) is 6.07 Å². The van der Waals surface area contributed by atoms with Gasteiger partial charge >= 0.3 is 0 Å². The molecule has 3 N–H and O–H groups in total. The maximum absolute atomic E-state index is 11.3. The number of carbonyl (C=O) groups excluding carboxylic acids is 1. The molecule has 1 saturated heterocycles. The van der Waals surface area contributed by atoms with E-state index in [0.717, 1.165) is 25.3 Å². The molecule has 1 aliphatic rings. The van der Waals surface area contributed by atoms with Crippen molar-refractivity contribution in [2.45, 2.75) is 32.7 Å². The minimum absolute atomic E-state index is 0.332. The van der Waals surface area contributed by atoms with Crippen LogP contribution in [-0.2, 0) is 0 Å². The predicted octanol–water partition coefficient (Wildman–Crippen LogP) is 1.39. The fourth-order valence-electron chi connectivity index (χ4n) is 2.69. The van der Waals surface area contributed by atoms with Crippen molar-refractivity contribution in [2.24, 2.45) is 11.7 Å². The average Bonchev–Trinajstić information content (AvgIpc) is 2.45. The van der Waals surface area contributed by atoms with Gasteiger partial charge in [0, 0.05) is 24.5 Å². The Bertz CT molecular complexity index is 455. The van der Waals surface area contributed by atoms with Gasteiger partial charge in [0.25, 0.3) is 5.91 Å². The third-order valence-corrected chi connectivity index (χ3v) is 3.86. The quantitative estimate of drug-likeness (QED) is 0.852. The summed E-state index contributed by atoms with van der Waals surface area (Å²) in [6.07, 6.45) is 4.07. The molecule has 2 rings (SSSR count). The van der Waals surface area contributed by atoms with Crippen LogP contribution in [0.3, 0.4) is 0 Å². The van der Waals surface area contributed by atoms with E-state index < -0.39 is 5.91 Å². The van der Waals surface area contributed by atoms with E-state index in [4.69, 9.17) is 5.73 Å². The molecule has 0 aromatic carbocycles. The van der Waals surface area contributed by atoms with E-state index in [2.05, 4.69) is 29.0 Å². The second-order valence-electron chi connectivity index (χ2n) is 5.70. The molecular formula is C15H24N4O. The summed E-state index contributed by atoms with van der Waals surface area (Å²) >= 11 is 0. The van der Waals surface area contributed by atoms with Crippen LogP contribution in [-0.4, -0.2) is 36.6 Å². The van der Waals surface area contributed by atoms with Gasteiger partial charge in [-0.2, -0.15) is 0 Å². The Kier molecular flexibility index (Phi) is 4.95. The number of nitrogens with two attached hydrogens (primary N) is 1. The number of nitrogens with one attached hydrogen (secondary N) is 1. The summed E-state index contributed by atoms with van der Waals surface area (Å²) in [7, 11) is 0. The van der Waals surface area contributed by atoms with E-state index in [1.165, 1.54) is 12.8 Å². The Balaban J connectivity index is 2.15. The van der Waals surface area contributed by atoms with Crippen molar-refractivity contribution in [3.8, 4) is 0 Å². The van der Waals surface area contributed by atoms with Gasteiger partial charge in [-0.05, 0) is 57.8 Å². The van der Waals surface area contributed by atoms with Crippen LogP contribution in [0.4, 0.5) is 5.69 Å². The molecule has 1 aromatic heterocycles. The first-order valence-corrected chi connectivity index (χ1v) is 7.31. The van der Waals surface area contributed by atoms with Crippen LogP contribution in [0.5, 0.6) is 0 Å². The summed E-state index contributed by atoms with van der Waals surface area (Å²) in [6.45, 7) is 7.55. The molecule has 1 fully saturated rings. The molecule has 5 heteroatoms. The zero-order valence-electron chi connectivity index (χ0n) is 12.3. The summed E-state index contributed by atoms with van der Waals surface area (Å²) in [5, 5.41) is 3.39. The Morgan fingerprint density at radius 1 is 1.50 bits per heavy atom. The van der Waals surface area contributed by atoms with Crippen LogP contribution < -0.4 is 16.0 Å². The summed E-state index contributed by atoms with van der Waals surface area (Å²) in [5.41, 5.74) is 6.68. The highest BCUT2D eigenvalue weighted by Crippen LogP contribution is 2.22. The van der Waals surface area contributed by atoms with Crippen molar-refractivity contribution in [1.82, 2.24) is 10.3 Å². The molecule has 0 atom stereocenters. The maximum Gasteiger partial charge on any atom is 0.267 e. The number of carbonyl (C=O) groups is 1. The second-order valence-corrected chi connectivity index (χ2v) is 5.70. The first kappa shape index (κ1) is 14.8. The Hall–Kier alpha value is -1.62. The number of nitrogens with zero attached hydrogens (tertiary/aromatic N) is 2. The van der Waals surface area contributed by atoms with E-state index in [-0.39, 0.29) is 0 Å². The van der Waals surface area contributed by atoms with Gasteiger partial charge < -0.3 is 16.0 Å². The molecule has 0 unspecified atom stereocenters. The summed E-state index contributed by atoms with van der Waals surface area (Å²) in [5.74, 6) is 0.223. The molecular weight excluding hydrogens is 252 g/mol. The molecule has 0 bridgehead atoms. The average molecular weight is 276 g/mol. The van der Waals surface area contributed by atoms with Crippen molar-refractivity contribution >= 4 is 11.6 Å². The minimum Gasteiger partial charge on any atom is -0.369 e. The van der Waals surface area contributed by atoms with Gasteiger partial charge in [0.2, 0.25) is 0 Å². The third-order valence-electron chi connectivity index (χ3n) is 3.86. The highest BCUT2D eigenvalue weighted by Gasteiger charge is 2.20. The van der Waals surface area contributed by atoms with Crippen molar-refractivity contribution < 1.29 is 4.79 Å². The Morgan fingerprint density at radius 2 is 2.20 bits per heavy atom. The molecule has 1 amide bonds. The second kappa shape index (κ2) is 6.70. The van der Waals surface area contributed by atoms with E-state index >= 15 is 0 Å². The van der Waals surface area contributed by atoms with Crippen LogP contribution >= 0.6 is 0 Å². The fourth-order valence-corrected chi connectivity index (χ4v) is 2.69. The zero-order chi connectivity index (χ0) is 14.5. The van der Waals surface area contributed by atoms with Gasteiger partial charge in [-0.1, -0.05) is 0 Å². The Labute approximate surface area is 120 Å². The molecule has 0 spiro atoms. The number of pyridine rings is 1. The number of hydrogen-bond donors (Lipinski definition) is 2. The Morgan fingerprint density at radius 3 is 2.80 bits per heavy atom. The number of amides is 1. The fraction of sp³-hybridized carbons (Fsp3) is 0.600. The monoisotopic (exact) mass is 276 g/mol. The molecule has 1 aliphatic heterocycles. The minimum atomic E-state index is -0.475. The van der Waals surface area contributed by atoms with Crippen molar-refractivity contribution in [3.05, 3.63) is 24.0 Å². The van der Waals surface area contributed by atoms with Crippen LogP contribution in [0, 0.1) is 5.92 Å².